The third-order valence-corrected chi connectivity index (χ3v) is 5.95. The Morgan fingerprint density at radius 3 is 2.50 bits per heavy atom. The molecule has 1 aromatic heterocycles. The van der Waals surface area contributed by atoms with Gasteiger partial charge in [0.25, 0.3) is 5.89 Å². The van der Waals surface area contributed by atoms with E-state index in [2.05, 4.69) is 36.5 Å². The maximum absolute atomic E-state index is 12.9. The molecule has 0 aliphatic carbocycles. The minimum atomic E-state index is -0.396. The fourth-order valence-corrected chi connectivity index (χ4v) is 3.86. The quantitative estimate of drug-likeness (QED) is 0.605. The zero-order chi connectivity index (χ0) is 22.8. The molecule has 0 fully saturated rings. The fourth-order valence-electron chi connectivity index (χ4n) is 3.86. The van der Waals surface area contributed by atoms with Gasteiger partial charge in [-0.3, -0.25) is 4.90 Å². The van der Waals surface area contributed by atoms with E-state index in [9.17, 15) is 4.79 Å². The summed E-state index contributed by atoms with van der Waals surface area (Å²) in [6, 6.07) is 13.6. The molecule has 2 amide bonds. The molecule has 1 aliphatic rings. The number of aryl methyl sites for hydroxylation is 3. The number of amides is 2. The van der Waals surface area contributed by atoms with E-state index in [1.165, 1.54) is 5.56 Å². The SMILES string of the molecule is COCCN1C(=O)NC(c2ccc(C)c(C)c2)C(c2nc(-c3ccc(C)cc3)no2)=C1C. The van der Waals surface area contributed by atoms with E-state index in [0.717, 1.165) is 33.5 Å². The number of nitrogens with one attached hydrogen (secondary N) is 1. The number of methoxy groups -OCH3 is 1. The van der Waals surface area contributed by atoms with Crippen molar-refractivity contribution in [1.29, 1.82) is 0 Å². The molecule has 1 atom stereocenters. The first-order valence-corrected chi connectivity index (χ1v) is 10.6. The normalized spacial score (nSPS) is 16.5. The van der Waals surface area contributed by atoms with Gasteiger partial charge >= 0.3 is 6.03 Å². The summed E-state index contributed by atoms with van der Waals surface area (Å²) < 4.78 is 10.9. The van der Waals surface area contributed by atoms with Gasteiger partial charge in [-0.25, -0.2) is 4.79 Å². The van der Waals surface area contributed by atoms with Gasteiger partial charge in [-0.05, 0) is 44.4 Å². The molecule has 0 saturated heterocycles. The Morgan fingerprint density at radius 1 is 1.06 bits per heavy atom. The summed E-state index contributed by atoms with van der Waals surface area (Å²) in [5, 5.41) is 7.34. The van der Waals surface area contributed by atoms with Gasteiger partial charge in [0.2, 0.25) is 5.82 Å². The Labute approximate surface area is 188 Å². The summed E-state index contributed by atoms with van der Waals surface area (Å²) in [5.74, 6) is 0.906. The van der Waals surface area contributed by atoms with Crippen LogP contribution in [0.25, 0.3) is 17.0 Å². The highest BCUT2D eigenvalue weighted by atomic mass is 16.5. The Kier molecular flexibility index (Phi) is 6.10. The Balaban J connectivity index is 1.80. The molecule has 0 saturated carbocycles. The summed E-state index contributed by atoms with van der Waals surface area (Å²) in [7, 11) is 1.62. The lowest BCUT2D eigenvalue weighted by molar-refractivity contribution is 0.158. The highest BCUT2D eigenvalue weighted by molar-refractivity contribution is 5.87. The maximum atomic E-state index is 12.9. The monoisotopic (exact) mass is 432 g/mol. The number of rotatable bonds is 6. The first-order valence-electron chi connectivity index (χ1n) is 10.6. The summed E-state index contributed by atoms with van der Waals surface area (Å²) in [5.41, 5.74) is 6.92. The largest absolute Gasteiger partial charge is 0.383 e. The molecule has 2 aromatic carbocycles. The lowest BCUT2D eigenvalue weighted by Gasteiger charge is -2.35. The van der Waals surface area contributed by atoms with Crippen LogP contribution >= 0.6 is 0 Å². The Morgan fingerprint density at radius 2 is 1.81 bits per heavy atom. The predicted molar refractivity (Wildman–Crippen MR) is 123 cm³/mol. The second-order valence-electron chi connectivity index (χ2n) is 8.16. The second kappa shape index (κ2) is 8.96. The molecule has 2 heterocycles. The molecule has 166 valence electrons. The molecule has 1 N–H and O–H groups in total. The Hall–Kier alpha value is -3.45. The lowest BCUT2D eigenvalue weighted by Crippen LogP contribution is -2.47. The first kappa shape index (κ1) is 21.8. The van der Waals surface area contributed by atoms with E-state index in [1.54, 1.807) is 12.0 Å². The number of hydrogen-bond acceptors (Lipinski definition) is 5. The number of nitrogens with zero attached hydrogens (tertiary/aromatic N) is 3. The van der Waals surface area contributed by atoms with Crippen molar-refractivity contribution in [3.05, 3.63) is 76.3 Å². The van der Waals surface area contributed by atoms with E-state index in [-0.39, 0.29) is 6.03 Å². The van der Waals surface area contributed by atoms with Gasteiger partial charge < -0.3 is 14.6 Å². The molecule has 1 unspecified atom stereocenters. The van der Waals surface area contributed by atoms with Crippen molar-refractivity contribution in [3.63, 3.8) is 0 Å². The third kappa shape index (κ3) is 4.16. The van der Waals surface area contributed by atoms with Crippen LogP contribution in [-0.2, 0) is 4.74 Å². The number of allylic oxidation sites excluding steroid dienone is 1. The number of aromatic nitrogens is 2. The molecule has 0 spiro atoms. The van der Waals surface area contributed by atoms with Crippen molar-refractivity contribution in [2.75, 3.05) is 20.3 Å². The van der Waals surface area contributed by atoms with Gasteiger partial charge in [0.1, 0.15) is 0 Å². The molecular formula is C25H28N4O3. The van der Waals surface area contributed by atoms with Crippen LogP contribution in [0.15, 0.2) is 52.7 Å². The number of carbonyl (C=O) groups excluding carboxylic acids is 1. The van der Waals surface area contributed by atoms with Crippen molar-refractivity contribution in [2.45, 2.75) is 33.7 Å². The zero-order valence-electron chi connectivity index (χ0n) is 19.1. The van der Waals surface area contributed by atoms with Crippen LogP contribution in [0.5, 0.6) is 0 Å². The molecule has 7 nitrogen and oxygen atoms in total. The van der Waals surface area contributed by atoms with Crippen molar-refractivity contribution >= 4 is 11.6 Å². The van der Waals surface area contributed by atoms with Crippen LogP contribution in [-0.4, -0.2) is 41.3 Å². The standard InChI is InChI=1S/C25H28N4O3/c1-15-6-9-19(10-7-15)23-27-24(32-28-23)21-18(4)29(12-13-31-5)25(30)26-22(21)20-11-8-16(2)17(3)14-20/h6-11,14,22H,12-13H2,1-5H3,(H,26,30). The fraction of sp³-hybridized carbons (Fsp3) is 0.320. The molecule has 4 rings (SSSR count). The Bertz CT molecular complexity index is 1160. The third-order valence-electron chi connectivity index (χ3n) is 5.95. The van der Waals surface area contributed by atoms with E-state index in [4.69, 9.17) is 14.2 Å². The number of urea groups is 1. The van der Waals surface area contributed by atoms with Crippen LogP contribution in [0.1, 0.15) is 41.1 Å². The van der Waals surface area contributed by atoms with Gasteiger partial charge in [-0.1, -0.05) is 53.2 Å². The van der Waals surface area contributed by atoms with E-state index >= 15 is 0 Å². The zero-order valence-corrected chi connectivity index (χ0v) is 19.1. The van der Waals surface area contributed by atoms with Gasteiger partial charge in [-0.2, -0.15) is 4.98 Å². The smallest absolute Gasteiger partial charge is 0.322 e. The van der Waals surface area contributed by atoms with Crippen molar-refractivity contribution < 1.29 is 14.1 Å². The van der Waals surface area contributed by atoms with Gasteiger partial charge in [-0.15, -0.1) is 0 Å². The van der Waals surface area contributed by atoms with Crippen molar-refractivity contribution in [2.24, 2.45) is 0 Å². The van der Waals surface area contributed by atoms with Gasteiger partial charge in [0.15, 0.2) is 0 Å². The summed E-state index contributed by atoms with van der Waals surface area (Å²) in [6.07, 6.45) is 0. The molecule has 1 aliphatic heterocycles. The van der Waals surface area contributed by atoms with Crippen LogP contribution in [0.2, 0.25) is 0 Å². The second-order valence-corrected chi connectivity index (χ2v) is 8.16. The molecule has 0 bridgehead atoms. The van der Waals surface area contributed by atoms with Crippen molar-refractivity contribution in [3.8, 4) is 11.4 Å². The average Bonchev–Trinajstić information content (AvgIpc) is 3.25. The average molecular weight is 433 g/mol. The predicted octanol–water partition coefficient (Wildman–Crippen LogP) is 4.81. The topological polar surface area (TPSA) is 80.5 Å². The number of benzene rings is 2. The van der Waals surface area contributed by atoms with Crippen LogP contribution < -0.4 is 5.32 Å². The van der Waals surface area contributed by atoms with E-state index in [0.29, 0.717) is 24.9 Å². The summed E-state index contributed by atoms with van der Waals surface area (Å²) in [4.78, 5) is 19.3. The highest BCUT2D eigenvalue weighted by Gasteiger charge is 2.35. The first-order chi connectivity index (χ1) is 15.4. The molecule has 7 heteroatoms. The minimum Gasteiger partial charge on any atom is -0.383 e. The maximum Gasteiger partial charge on any atom is 0.322 e. The van der Waals surface area contributed by atoms with Crippen molar-refractivity contribution in [1.82, 2.24) is 20.4 Å². The van der Waals surface area contributed by atoms with Crippen LogP contribution in [0, 0.1) is 20.8 Å². The lowest BCUT2D eigenvalue weighted by atomic mass is 9.92. The van der Waals surface area contributed by atoms with Gasteiger partial charge in [0, 0.05) is 18.4 Å². The number of carbonyl (C=O) groups is 1. The summed E-state index contributed by atoms with van der Waals surface area (Å²) >= 11 is 0. The van der Waals surface area contributed by atoms with Gasteiger partial charge in [0.05, 0.1) is 24.8 Å². The van der Waals surface area contributed by atoms with E-state index < -0.39 is 6.04 Å². The molecular weight excluding hydrogens is 404 g/mol. The van der Waals surface area contributed by atoms with Crippen LogP contribution in [0.3, 0.4) is 0 Å². The highest BCUT2D eigenvalue weighted by Crippen LogP contribution is 2.37. The molecule has 0 radical (unpaired) electrons. The molecule has 3 aromatic rings. The number of hydrogen-bond donors (Lipinski definition) is 1. The van der Waals surface area contributed by atoms with Crippen LogP contribution in [0.4, 0.5) is 4.79 Å². The number of ether oxygens (including phenoxy) is 1. The minimum absolute atomic E-state index is 0.176. The van der Waals surface area contributed by atoms with E-state index in [1.807, 2.05) is 44.2 Å². The summed E-state index contributed by atoms with van der Waals surface area (Å²) in [6.45, 7) is 8.92. The molecule has 32 heavy (non-hydrogen) atoms.